The number of carbonyl (C=O) groups excluding carboxylic acids is 1. The van der Waals surface area contributed by atoms with E-state index in [9.17, 15) is 4.79 Å². The first-order valence-corrected chi connectivity index (χ1v) is 6.37. The Hall–Kier alpha value is -2.11. The van der Waals surface area contributed by atoms with E-state index in [1.54, 1.807) is 24.9 Å². The van der Waals surface area contributed by atoms with Gasteiger partial charge in [-0.2, -0.15) is 0 Å². The average Bonchev–Trinajstić information content (AvgIpc) is 3.06. The van der Waals surface area contributed by atoms with E-state index in [4.69, 9.17) is 4.42 Å². The first kappa shape index (κ1) is 12.0. The molecule has 0 N–H and O–H groups in total. The summed E-state index contributed by atoms with van der Waals surface area (Å²) in [5.41, 5.74) is 0.601. The molecule has 0 atom stereocenters. The molecule has 1 amide bonds. The van der Waals surface area contributed by atoms with Crippen molar-refractivity contribution in [1.29, 1.82) is 0 Å². The van der Waals surface area contributed by atoms with E-state index < -0.39 is 0 Å². The lowest BCUT2D eigenvalue weighted by Crippen LogP contribution is -2.27. The summed E-state index contributed by atoms with van der Waals surface area (Å²) < 4.78 is 7.27. The molecule has 0 radical (unpaired) electrons. The summed E-state index contributed by atoms with van der Waals surface area (Å²) in [4.78, 5) is 13.9. The third-order valence-electron chi connectivity index (χ3n) is 3.50. The Morgan fingerprint density at radius 1 is 1.53 bits per heavy atom. The van der Waals surface area contributed by atoms with Crippen molar-refractivity contribution in [3.8, 4) is 0 Å². The monoisotopic (exact) mass is 260 g/mol. The van der Waals surface area contributed by atoms with Crippen LogP contribution < -0.4 is 0 Å². The minimum Gasteiger partial charge on any atom is -0.469 e. The van der Waals surface area contributed by atoms with Crippen LogP contribution in [0.3, 0.4) is 0 Å². The topological polar surface area (TPSA) is 64.2 Å². The molecule has 0 saturated heterocycles. The summed E-state index contributed by atoms with van der Waals surface area (Å²) in [6.07, 6.45) is 3.62. The van der Waals surface area contributed by atoms with Crippen LogP contribution in [0.5, 0.6) is 0 Å². The molecule has 1 aliphatic heterocycles. The molecule has 6 heteroatoms. The lowest BCUT2D eigenvalue weighted by molar-refractivity contribution is 0.0778. The molecule has 1 aliphatic rings. The van der Waals surface area contributed by atoms with Crippen molar-refractivity contribution in [2.45, 2.75) is 32.9 Å². The van der Waals surface area contributed by atoms with Gasteiger partial charge in [0.15, 0.2) is 5.82 Å². The summed E-state index contributed by atoms with van der Waals surface area (Å²) in [7, 11) is 1.77. The second-order valence-electron chi connectivity index (χ2n) is 4.84. The highest BCUT2D eigenvalue weighted by atomic mass is 16.3. The van der Waals surface area contributed by atoms with Crippen molar-refractivity contribution in [1.82, 2.24) is 19.7 Å². The second kappa shape index (κ2) is 4.53. The van der Waals surface area contributed by atoms with Gasteiger partial charge in [-0.15, -0.1) is 10.2 Å². The van der Waals surface area contributed by atoms with Crippen LogP contribution in [0.2, 0.25) is 0 Å². The summed E-state index contributed by atoms with van der Waals surface area (Å²) in [5.74, 6) is 2.46. The molecule has 2 aromatic rings. The Balaban J connectivity index is 1.76. The molecule has 0 aliphatic carbocycles. The molecular weight excluding hydrogens is 244 g/mol. The third-order valence-corrected chi connectivity index (χ3v) is 3.50. The molecule has 0 unspecified atom stereocenters. The predicted molar refractivity (Wildman–Crippen MR) is 67.6 cm³/mol. The summed E-state index contributed by atoms with van der Waals surface area (Å²) in [5, 5.41) is 8.31. The quantitative estimate of drug-likeness (QED) is 0.836. The zero-order valence-corrected chi connectivity index (χ0v) is 11.1. The Morgan fingerprint density at radius 3 is 3.11 bits per heavy atom. The highest BCUT2D eigenvalue weighted by molar-refractivity contribution is 5.94. The highest BCUT2D eigenvalue weighted by Crippen LogP contribution is 2.17. The van der Waals surface area contributed by atoms with E-state index in [0.717, 1.165) is 31.0 Å². The van der Waals surface area contributed by atoms with Crippen molar-refractivity contribution < 1.29 is 9.21 Å². The van der Waals surface area contributed by atoms with E-state index in [-0.39, 0.29) is 5.91 Å². The van der Waals surface area contributed by atoms with Gasteiger partial charge in [0.05, 0.1) is 18.4 Å². The first-order chi connectivity index (χ1) is 9.16. The molecule has 6 nitrogen and oxygen atoms in total. The van der Waals surface area contributed by atoms with E-state index in [1.165, 1.54) is 6.26 Å². The summed E-state index contributed by atoms with van der Waals surface area (Å²) in [6, 6.07) is 1.70. The number of hydrogen-bond acceptors (Lipinski definition) is 4. The van der Waals surface area contributed by atoms with Gasteiger partial charge in [0.25, 0.3) is 5.91 Å². The molecule has 0 spiro atoms. The van der Waals surface area contributed by atoms with Gasteiger partial charge in [-0.25, -0.2) is 0 Å². The fraction of sp³-hybridized carbons (Fsp3) is 0.462. The number of amides is 1. The van der Waals surface area contributed by atoms with Crippen LogP contribution >= 0.6 is 0 Å². The lowest BCUT2D eigenvalue weighted by atomic mass is 10.2. The number of hydrogen-bond donors (Lipinski definition) is 0. The normalized spacial score (nSPS) is 13.6. The largest absolute Gasteiger partial charge is 0.469 e. The lowest BCUT2D eigenvalue weighted by Gasteiger charge is -2.16. The van der Waals surface area contributed by atoms with Crippen molar-refractivity contribution in [2.75, 3.05) is 7.05 Å². The standard InChI is InChI=1S/C13H16N4O2/c1-9-10(5-7-19-9)13(18)16(2)8-12-15-14-11-4-3-6-17(11)12/h5,7H,3-4,6,8H2,1-2H3. The van der Waals surface area contributed by atoms with Crippen molar-refractivity contribution in [2.24, 2.45) is 0 Å². The molecule has 3 heterocycles. The zero-order chi connectivity index (χ0) is 13.4. The van der Waals surface area contributed by atoms with E-state index >= 15 is 0 Å². The van der Waals surface area contributed by atoms with Gasteiger partial charge in [-0.05, 0) is 19.4 Å². The smallest absolute Gasteiger partial charge is 0.257 e. The number of nitrogens with zero attached hydrogens (tertiary/aromatic N) is 4. The van der Waals surface area contributed by atoms with Gasteiger partial charge in [0, 0.05) is 20.0 Å². The maximum atomic E-state index is 12.3. The number of carbonyl (C=O) groups is 1. The van der Waals surface area contributed by atoms with E-state index in [2.05, 4.69) is 14.8 Å². The van der Waals surface area contributed by atoms with Crippen LogP contribution in [-0.4, -0.2) is 32.6 Å². The maximum absolute atomic E-state index is 12.3. The average molecular weight is 260 g/mol. The molecule has 19 heavy (non-hydrogen) atoms. The molecule has 0 saturated carbocycles. The van der Waals surface area contributed by atoms with Crippen LogP contribution in [0.4, 0.5) is 0 Å². The van der Waals surface area contributed by atoms with Crippen LogP contribution in [0.25, 0.3) is 0 Å². The Bertz CT molecular complexity index is 614. The fourth-order valence-electron chi connectivity index (χ4n) is 2.42. The number of aromatic nitrogens is 3. The molecule has 0 fully saturated rings. The van der Waals surface area contributed by atoms with Crippen molar-refractivity contribution in [3.05, 3.63) is 35.3 Å². The Kier molecular flexibility index (Phi) is 2.85. The van der Waals surface area contributed by atoms with Gasteiger partial charge in [0.1, 0.15) is 11.6 Å². The van der Waals surface area contributed by atoms with Gasteiger partial charge in [0.2, 0.25) is 0 Å². The predicted octanol–water partition coefficient (Wildman–Crippen LogP) is 1.40. The zero-order valence-electron chi connectivity index (χ0n) is 11.1. The molecule has 0 aromatic carbocycles. The minimum atomic E-state index is -0.0541. The van der Waals surface area contributed by atoms with Crippen LogP contribution in [0.1, 0.15) is 34.2 Å². The van der Waals surface area contributed by atoms with Gasteiger partial charge in [-0.3, -0.25) is 4.79 Å². The Labute approximate surface area is 111 Å². The maximum Gasteiger partial charge on any atom is 0.257 e. The SMILES string of the molecule is Cc1occc1C(=O)N(C)Cc1nnc2n1CCC2. The number of furan rings is 1. The van der Waals surface area contributed by atoms with E-state index in [0.29, 0.717) is 17.9 Å². The number of fused-ring (bicyclic) bond motifs is 1. The van der Waals surface area contributed by atoms with Gasteiger partial charge < -0.3 is 13.9 Å². The van der Waals surface area contributed by atoms with Crippen LogP contribution in [0, 0.1) is 6.92 Å². The highest BCUT2D eigenvalue weighted by Gasteiger charge is 2.21. The molecule has 3 rings (SSSR count). The van der Waals surface area contributed by atoms with Crippen molar-refractivity contribution >= 4 is 5.91 Å². The third kappa shape index (κ3) is 2.03. The summed E-state index contributed by atoms with van der Waals surface area (Å²) >= 11 is 0. The minimum absolute atomic E-state index is 0.0541. The van der Waals surface area contributed by atoms with Crippen LogP contribution in [0.15, 0.2) is 16.7 Å². The molecule has 0 bridgehead atoms. The molecule has 100 valence electrons. The number of aryl methyl sites for hydroxylation is 2. The van der Waals surface area contributed by atoms with E-state index in [1.807, 2.05) is 0 Å². The van der Waals surface area contributed by atoms with Crippen LogP contribution in [-0.2, 0) is 19.5 Å². The first-order valence-electron chi connectivity index (χ1n) is 6.37. The number of rotatable bonds is 3. The second-order valence-corrected chi connectivity index (χ2v) is 4.84. The fourth-order valence-corrected chi connectivity index (χ4v) is 2.42. The van der Waals surface area contributed by atoms with Gasteiger partial charge in [-0.1, -0.05) is 0 Å². The summed E-state index contributed by atoms with van der Waals surface area (Å²) in [6.45, 7) is 3.21. The molecular formula is C13H16N4O2. The van der Waals surface area contributed by atoms with Gasteiger partial charge >= 0.3 is 0 Å². The molecule has 2 aromatic heterocycles. The Morgan fingerprint density at radius 2 is 2.37 bits per heavy atom. The van der Waals surface area contributed by atoms with Crippen molar-refractivity contribution in [3.63, 3.8) is 0 Å².